The van der Waals surface area contributed by atoms with Crippen LogP contribution in [0.2, 0.25) is 0 Å². The number of esters is 1. The SMILES string of the molecule is CCCN(CC(=O)OCC)C(=O)c1ccccc1SC. The first kappa shape index (κ1) is 16.6. The highest BCUT2D eigenvalue weighted by molar-refractivity contribution is 7.98. The smallest absolute Gasteiger partial charge is 0.325 e. The minimum Gasteiger partial charge on any atom is -0.465 e. The monoisotopic (exact) mass is 295 g/mol. The number of nitrogens with zero attached hydrogens (tertiary/aromatic N) is 1. The van der Waals surface area contributed by atoms with Crippen LogP contribution in [-0.4, -0.2) is 42.7 Å². The number of hydrogen-bond donors (Lipinski definition) is 0. The molecule has 0 saturated heterocycles. The van der Waals surface area contributed by atoms with Crippen LogP contribution >= 0.6 is 11.8 Å². The van der Waals surface area contributed by atoms with Gasteiger partial charge in [0, 0.05) is 11.4 Å². The van der Waals surface area contributed by atoms with Crippen molar-refractivity contribution in [2.24, 2.45) is 0 Å². The van der Waals surface area contributed by atoms with Crippen molar-refractivity contribution < 1.29 is 14.3 Å². The van der Waals surface area contributed by atoms with Gasteiger partial charge in [-0.15, -0.1) is 11.8 Å². The van der Waals surface area contributed by atoms with Gasteiger partial charge in [-0.1, -0.05) is 19.1 Å². The summed E-state index contributed by atoms with van der Waals surface area (Å²) in [6.07, 6.45) is 2.73. The number of hydrogen-bond acceptors (Lipinski definition) is 4. The van der Waals surface area contributed by atoms with Crippen molar-refractivity contribution >= 4 is 23.6 Å². The van der Waals surface area contributed by atoms with Gasteiger partial charge >= 0.3 is 5.97 Å². The third-order valence-electron chi connectivity index (χ3n) is 2.74. The largest absolute Gasteiger partial charge is 0.465 e. The molecule has 0 spiro atoms. The molecule has 0 bridgehead atoms. The van der Waals surface area contributed by atoms with Gasteiger partial charge in [-0.3, -0.25) is 9.59 Å². The molecule has 4 nitrogen and oxygen atoms in total. The van der Waals surface area contributed by atoms with Crippen molar-refractivity contribution in [3.8, 4) is 0 Å². The van der Waals surface area contributed by atoms with Crippen LogP contribution in [0.3, 0.4) is 0 Å². The molecular formula is C15H21NO3S. The number of ether oxygens (including phenoxy) is 1. The topological polar surface area (TPSA) is 46.6 Å². The molecule has 1 rings (SSSR count). The molecule has 5 heteroatoms. The van der Waals surface area contributed by atoms with Gasteiger partial charge in [-0.25, -0.2) is 0 Å². The molecule has 0 unspecified atom stereocenters. The highest BCUT2D eigenvalue weighted by atomic mass is 32.2. The van der Waals surface area contributed by atoms with E-state index < -0.39 is 0 Å². The van der Waals surface area contributed by atoms with Crippen molar-refractivity contribution in [1.82, 2.24) is 4.90 Å². The van der Waals surface area contributed by atoms with Crippen molar-refractivity contribution in [2.75, 3.05) is 26.0 Å². The van der Waals surface area contributed by atoms with Crippen LogP contribution in [0.15, 0.2) is 29.2 Å². The summed E-state index contributed by atoms with van der Waals surface area (Å²) in [6, 6.07) is 7.44. The maximum Gasteiger partial charge on any atom is 0.325 e. The first-order chi connectivity index (χ1) is 9.63. The fourth-order valence-electron chi connectivity index (χ4n) is 1.88. The predicted octanol–water partition coefficient (Wildman–Crippen LogP) is 2.82. The van der Waals surface area contributed by atoms with E-state index >= 15 is 0 Å². The van der Waals surface area contributed by atoms with E-state index in [1.807, 2.05) is 31.4 Å². The average Bonchev–Trinajstić information content (AvgIpc) is 2.46. The van der Waals surface area contributed by atoms with Gasteiger partial charge < -0.3 is 9.64 Å². The highest BCUT2D eigenvalue weighted by Gasteiger charge is 2.20. The van der Waals surface area contributed by atoms with E-state index in [4.69, 9.17) is 4.74 Å². The molecule has 0 fully saturated rings. The highest BCUT2D eigenvalue weighted by Crippen LogP contribution is 2.21. The average molecular weight is 295 g/mol. The Morgan fingerprint density at radius 1 is 1.25 bits per heavy atom. The molecule has 0 heterocycles. The lowest BCUT2D eigenvalue weighted by molar-refractivity contribution is -0.143. The zero-order valence-corrected chi connectivity index (χ0v) is 13.0. The van der Waals surface area contributed by atoms with Gasteiger partial charge in [-0.05, 0) is 31.7 Å². The summed E-state index contributed by atoms with van der Waals surface area (Å²) < 4.78 is 4.92. The lowest BCUT2D eigenvalue weighted by Crippen LogP contribution is -2.37. The normalized spacial score (nSPS) is 10.2. The molecular weight excluding hydrogens is 274 g/mol. The summed E-state index contributed by atoms with van der Waals surface area (Å²) in [7, 11) is 0. The summed E-state index contributed by atoms with van der Waals surface area (Å²) in [6.45, 7) is 4.61. The molecule has 0 saturated carbocycles. The molecule has 0 aliphatic heterocycles. The van der Waals surface area contributed by atoms with Crippen LogP contribution in [0.4, 0.5) is 0 Å². The molecule has 0 aliphatic rings. The van der Waals surface area contributed by atoms with Gasteiger partial charge in [0.2, 0.25) is 0 Å². The van der Waals surface area contributed by atoms with E-state index in [-0.39, 0.29) is 18.4 Å². The third-order valence-corrected chi connectivity index (χ3v) is 3.54. The third kappa shape index (κ3) is 4.56. The minimum atomic E-state index is -0.365. The van der Waals surface area contributed by atoms with E-state index in [1.54, 1.807) is 17.9 Å². The second kappa shape index (κ2) is 8.64. The minimum absolute atomic E-state index is 0.00320. The van der Waals surface area contributed by atoms with E-state index in [1.165, 1.54) is 11.8 Å². The van der Waals surface area contributed by atoms with Crippen LogP contribution in [0.1, 0.15) is 30.6 Å². The summed E-state index contributed by atoms with van der Waals surface area (Å²) in [5.74, 6) is -0.485. The van der Waals surface area contributed by atoms with Gasteiger partial charge in [-0.2, -0.15) is 0 Å². The number of benzene rings is 1. The molecule has 0 radical (unpaired) electrons. The Labute approximate surface area is 124 Å². The molecule has 110 valence electrons. The van der Waals surface area contributed by atoms with Crippen LogP contribution in [0.5, 0.6) is 0 Å². The molecule has 0 aromatic heterocycles. The van der Waals surface area contributed by atoms with Crippen molar-refractivity contribution in [3.63, 3.8) is 0 Å². The number of amides is 1. The van der Waals surface area contributed by atoms with Crippen LogP contribution in [0.25, 0.3) is 0 Å². The van der Waals surface area contributed by atoms with Crippen LogP contribution in [0, 0.1) is 0 Å². The van der Waals surface area contributed by atoms with Crippen LogP contribution < -0.4 is 0 Å². The van der Waals surface area contributed by atoms with Gasteiger partial charge in [0.1, 0.15) is 6.54 Å². The van der Waals surface area contributed by atoms with Gasteiger partial charge in [0.15, 0.2) is 0 Å². The Morgan fingerprint density at radius 3 is 2.55 bits per heavy atom. The zero-order valence-electron chi connectivity index (χ0n) is 12.2. The van der Waals surface area contributed by atoms with E-state index in [2.05, 4.69) is 0 Å². The molecule has 0 atom stereocenters. The maximum atomic E-state index is 12.6. The first-order valence-electron chi connectivity index (χ1n) is 6.71. The number of carbonyl (C=O) groups excluding carboxylic acids is 2. The predicted molar refractivity (Wildman–Crippen MR) is 81.1 cm³/mol. The quantitative estimate of drug-likeness (QED) is 0.573. The first-order valence-corrected chi connectivity index (χ1v) is 7.94. The van der Waals surface area contributed by atoms with Crippen molar-refractivity contribution in [1.29, 1.82) is 0 Å². The fraction of sp³-hybridized carbons (Fsp3) is 0.467. The molecule has 1 amide bonds. The van der Waals surface area contributed by atoms with Gasteiger partial charge in [0.05, 0.1) is 12.2 Å². The number of rotatable bonds is 7. The maximum absolute atomic E-state index is 12.6. The molecule has 0 aliphatic carbocycles. The van der Waals surface area contributed by atoms with E-state index in [0.29, 0.717) is 18.7 Å². The number of thioether (sulfide) groups is 1. The van der Waals surface area contributed by atoms with Crippen molar-refractivity contribution in [2.45, 2.75) is 25.2 Å². The summed E-state index contributed by atoms with van der Waals surface area (Å²) in [4.78, 5) is 26.6. The van der Waals surface area contributed by atoms with Crippen LogP contribution in [-0.2, 0) is 9.53 Å². The fourth-order valence-corrected chi connectivity index (χ4v) is 2.47. The lowest BCUT2D eigenvalue weighted by atomic mass is 10.2. The Morgan fingerprint density at radius 2 is 1.95 bits per heavy atom. The second-order valence-electron chi connectivity index (χ2n) is 4.23. The Kier molecular flexibility index (Phi) is 7.15. The molecule has 1 aromatic carbocycles. The number of carbonyl (C=O) groups is 2. The summed E-state index contributed by atoms with van der Waals surface area (Å²) in [5.41, 5.74) is 0.637. The Bertz CT molecular complexity index is 462. The molecule has 20 heavy (non-hydrogen) atoms. The Balaban J connectivity index is 2.90. The zero-order chi connectivity index (χ0) is 15.0. The van der Waals surface area contributed by atoms with E-state index in [0.717, 1.165) is 11.3 Å². The second-order valence-corrected chi connectivity index (χ2v) is 5.08. The van der Waals surface area contributed by atoms with Gasteiger partial charge in [0.25, 0.3) is 5.91 Å². The lowest BCUT2D eigenvalue weighted by Gasteiger charge is -2.22. The molecule has 1 aromatic rings. The summed E-state index contributed by atoms with van der Waals surface area (Å²) >= 11 is 1.52. The Hall–Kier alpha value is -1.49. The van der Waals surface area contributed by atoms with E-state index in [9.17, 15) is 9.59 Å². The summed E-state index contributed by atoms with van der Waals surface area (Å²) in [5, 5.41) is 0. The molecule has 0 N–H and O–H groups in total. The van der Waals surface area contributed by atoms with Crippen molar-refractivity contribution in [3.05, 3.63) is 29.8 Å². The standard InChI is InChI=1S/C15H21NO3S/c1-4-10-16(11-14(17)19-5-2)15(18)12-8-6-7-9-13(12)20-3/h6-9H,4-5,10-11H2,1-3H3.